The molecule has 1 amide bonds. The summed E-state index contributed by atoms with van der Waals surface area (Å²) in [6, 6.07) is 17.1. The van der Waals surface area contributed by atoms with E-state index in [0.717, 1.165) is 40.6 Å². The van der Waals surface area contributed by atoms with Crippen LogP contribution < -0.4 is 14.5 Å². The second kappa shape index (κ2) is 14.6. The first kappa shape index (κ1) is 33.1. The van der Waals surface area contributed by atoms with Gasteiger partial charge in [-0.05, 0) is 54.5 Å². The van der Waals surface area contributed by atoms with Crippen LogP contribution in [-0.4, -0.2) is 82.1 Å². The Labute approximate surface area is 294 Å². The van der Waals surface area contributed by atoms with Gasteiger partial charge in [-0.3, -0.25) is 9.78 Å². The maximum atomic E-state index is 15.2. The summed E-state index contributed by atoms with van der Waals surface area (Å²) in [5, 5.41) is 22.0. The highest BCUT2D eigenvalue weighted by Gasteiger charge is 2.35. The lowest BCUT2D eigenvalue weighted by atomic mass is 10.0. The number of piperazine rings is 1. The maximum Gasteiger partial charge on any atom is 0.318 e. The number of amides is 1. The van der Waals surface area contributed by atoms with Gasteiger partial charge in [-0.15, -0.1) is 0 Å². The largest absolute Gasteiger partial charge is 0.461 e. The molecule has 7 rings (SSSR count). The number of benzene rings is 2. The normalized spacial score (nSPS) is 19.2. The molecular weight excluding hydrogens is 657 g/mol. The Morgan fingerprint density at radius 3 is 2.70 bits per heavy atom. The molecule has 3 aliphatic heterocycles. The summed E-state index contributed by atoms with van der Waals surface area (Å²) in [5.41, 5.74) is 3.27. The van der Waals surface area contributed by atoms with Gasteiger partial charge in [0.05, 0.1) is 41.8 Å². The summed E-state index contributed by atoms with van der Waals surface area (Å²) in [4.78, 5) is 34.6. The predicted molar refractivity (Wildman–Crippen MR) is 188 cm³/mol. The summed E-state index contributed by atoms with van der Waals surface area (Å²) in [5.74, 6) is -0.979. The van der Waals surface area contributed by atoms with Crippen LogP contribution in [0.1, 0.15) is 36.1 Å². The lowest BCUT2D eigenvalue weighted by Crippen LogP contribution is -2.56. The first-order valence-electron chi connectivity index (χ1n) is 16.7. The average molecular weight is 692 g/mol. The van der Waals surface area contributed by atoms with Gasteiger partial charge in [0, 0.05) is 61.8 Å². The van der Waals surface area contributed by atoms with Gasteiger partial charge in [0.25, 0.3) is 5.91 Å². The number of nitrogens with zero attached hydrogens (tertiary/aromatic N) is 9. The van der Waals surface area contributed by atoms with Gasteiger partial charge < -0.3 is 24.3 Å². The van der Waals surface area contributed by atoms with Crippen LogP contribution >= 0.6 is 11.6 Å². The van der Waals surface area contributed by atoms with E-state index in [-0.39, 0.29) is 38.2 Å². The Bertz CT molecular complexity index is 2010. The minimum atomic E-state index is -0.906. The molecule has 2 fully saturated rings. The molecule has 2 atom stereocenters. The number of pyridine rings is 1. The van der Waals surface area contributed by atoms with E-state index in [2.05, 4.69) is 33.1 Å². The monoisotopic (exact) mass is 691 g/mol. The van der Waals surface area contributed by atoms with E-state index in [1.165, 1.54) is 17.2 Å². The van der Waals surface area contributed by atoms with E-state index in [9.17, 15) is 15.3 Å². The Hall–Kier alpha value is -5.46. The van der Waals surface area contributed by atoms with Crippen molar-refractivity contribution in [1.82, 2.24) is 24.8 Å². The summed E-state index contributed by atoms with van der Waals surface area (Å²) < 4.78 is 21.4. The van der Waals surface area contributed by atoms with E-state index in [0.29, 0.717) is 49.0 Å². The number of carbonyl (C=O) groups is 1. The zero-order chi connectivity index (χ0) is 34.6. The van der Waals surface area contributed by atoms with Gasteiger partial charge in [-0.1, -0.05) is 41.9 Å². The fraction of sp³-hybridized carbons (Fsp3) is 0.351. The molecule has 4 aromatic rings. The average Bonchev–Trinajstić information content (AvgIpc) is 3.61. The number of carbonyl (C=O) groups excluding carboxylic acids is 1. The van der Waals surface area contributed by atoms with Crippen LogP contribution in [0.4, 0.5) is 15.9 Å². The van der Waals surface area contributed by atoms with Crippen molar-refractivity contribution < 1.29 is 13.9 Å². The number of hydrogen-bond donors (Lipinski definition) is 0. The van der Waals surface area contributed by atoms with Crippen LogP contribution in [0.5, 0.6) is 6.01 Å². The van der Waals surface area contributed by atoms with Gasteiger partial charge in [0.1, 0.15) is 12.4 Å². The van der Waals surface area contributed by atoms with Crippen molar-refractivity contribution in [3.05, 3.63) is 88.6 Å². The molecule has 50 heavy (non-hydrogen) atoms. The Balaban J connectivity index is 1.19. The fourth-order valence-corrected chi connectivity index (χ4v) is 7.45. The number of hydrogen-bond acceptors (Lipinski definition) is 10. The predicted octanol–water partition coefficient (Wildman–Crippen LogP) is 5.51. The molecule has 2 unspecified atom stereocenters. The molecule has 11 nitrogen and oxygen atoms in total. The number of fused-ring (bicyclic) bond motifs is 2. The molecule has 2 aromatic carbocycles. The summed E-state index contributed by atoms with van der Waals surface area (Å²) in [7, 11) is 0. The Morgan fingerprint density at radius 2 is 1.90 bits per heavy atom. The SMILES string of the molecule is N#CCC1CN(c2nc(OCC3CCCN3C#N)nc3c2CCN(c2cccc4cccc(Cl)c24)C3)CCN1C(=O)/C(F)=C/c1cccnc1. The number of halogens is 2. The van der Waals surface area contributed by atoms with Gasteiger partial charge in [0.15, 0.2) is 12.0 Å². The van der Waals surface area contributed by atoms with Crippen molar-refractivity contribution in [2.24, 2.45) is 0 Å². The lowest BCUT2D eigenvalue weighted by Gasteiger charge is -2.42. The number of nitriles is 2. The van der Waals surface area contributed by atoms with Crippen LogP contribution in [-0.2, 0) is 17.8 Å². The third kappa shape index (κ3) is 6.72. The molecule has 5 heterocycles. The maximum absolute atomic E-state index is 15.2. The van der Waals surface area contributed by atoms with Crippen molar-refractivity contribution in [3.63, 3.8) is 0 Å². The molecule has 0 saturated carbocycles. The third-order valence-corrected chi connectivity index (χ3v) is 9.97. The smallest absolute Gasteiger partial charge is 0.318 e. The van der Waals surface area contributed by atoms with Gasteiger partial charge in [0.2, 0.25) is 0 Å². The van der Waals surface area contributed by atoms with E-state index in [1.807, 2.05) is 30.3 Å². The van der Waals surface area contributed by atoms with Gasteiger partial charge in [-0.2, -0.15) is 20.5 Å². The number of rotatable bonds is 8. The highest BCUT2D eigenvalue weighted by atomic mass is 35.5. The van der Waals surface area contributed by atoms with Crippen LogP contribution in [0.25, 0.3) is 16.8 Å². The van der Waals surface area contributed by atoms with Crippen molar-refractivity contribution in [2.45, 2.75) is 44.3 Å². The Morgan fingerprint density at radius 1 is 1.04 bits per heavy atom. The van der Waals surface area contributed by atoms with Crippen LogP contribution in [0.2, 0.25) is 5.02 Å². The topological polar surface area (TPSA) is 126 Å². The quantitative estimate of drug-likeness (QED) is 0.173. The number of anilines is 2. The second-order valence-corrected chi connectivity index (χ2v) is 13.1. The van der Waals surface area contributed by atoms with E-state index in [1.54, 1.807) is 23.2 Å². The molecule has 0 bridgehead atoms. The molecule has 3 aliphatic rings. The molecule has 254 valence electrons. The summed E-state index contributed by atoms with van der Waals surface area (Å²) >= 11 is 6.71. The van der Waals surface area contributed by atoms with Crippen molar-refractivity contribution >= 4 is 45.9 Å². The molecule has 0 N–H and O–H groups in total. The highest BCUT2D eigenvalue weighted by molar-refractivity contribution is 6.36. The zero-order valence-electron chi connectivity index (χ0n) is 27.4. The van der Waals surface area contributed by atoms with E-state index in [4.69, 9.17) is 26.3 Å². The summed E-state index contributed by atoms with van der Waals surface area (Å²) in [6.07, 6.45) is 8.91. The molecule has 2 saturated heterocycles. The minimum Gasteiger partial charge on any atom is -0.461 e. The second-order valence-electron chi connectivity index (χ2n) is 12.7. The first-order valence-corrected chi connectivity index (χ1v) is 17.1. The van der Waals surface area contributed by atoms with Crippen LogP contribution in [0, 0.1) is 22.8 Å². The van der Waals surface area contributed by atoms with E-state index >= 15 is 4.39 Å². The third-order valence-electron chi connectivity index (χ3n) is 9.66. The lowest BCUT2D eigenvalue weighted by molar-refractivity contribution is -0.131. The molecule has 13 heteroatoms. The molecular formula is C37H35ClFN9O2. The fourth-order valence-electron chi connectivity index (χ4n) is 7.17. The van der Waals surface area contributed by atoms with Crippen LogP contribution in [0.15, 0.2) is 66.8 Å². The standard InChI is InChI=1S/C37H35ClFN9O2/c38-30-9-1-6-26-7-2-10-33(34(26)30)45-16-12-29-32(22-45)43-37(50-23-28-8-4-15-47(28)24-41)44-35(29)46-17-18-48(27(21-46)11-13-40)36(49)31(39)19-25-5-3-14-42-20-25/h1-3,5-7,9-10,14,19-20,27-28H,4,8,11-12,15-18,21-23H2/b31-19-. The zero-order valence-corrected chi connectivity index (χ0v) is 28.1. The molecule has 0 radical (unpaired) electrons. The molecule has 0 spiro atoms. The molecule has 0 aliphatic carbocycles. The number of aromatic nitrogens is 3. The first-order chi connectivity index (χ1) is 24.4. The number of ether oxygens (including phenoxy) is 1. The summed E-state index contributed by atoms with van der Waals surface area (Å²) in [6.45, 7) is 3.02. The van der Waals surface area contributed by atoms with Crippen molar-refractivity contribution in [1.29, 1.82) is 10.5 Å². The van der Waals surface area contributed by atoms with Gasteiger partial charge in [-0.25, -0.2) is 4.39 Å². The highest BCUT2D eigenvalue weighted by Crippen LogP contribution is 2.37. The minimum absolute atomic E-state index is 0.0281. The van der Waals surface area contributed by atoms with Crippen LogP contribution in [0.3, 0.4) is 0 Å². The molecule has 2 aromatic heterocycles. The Kier molecular flexibility index (Phi) is 9.63. The van der Waals surface area contributed by atoms with Crippen molar-refractivity contribution in [2.75, 3.05) is 49.1 Å². The number of likely N-dealkylation sites (tertiary alicyclic amines) is 1. The van der Waals surface area contributed by atoms with E-state index < -0.39 is 17.8 Å². The van der Waals surface area contributed by atoms with Crippen molar-refractivity contribution in [3.8, 4) is 18.3 Å². The van der Waals surface area contributed by atoms with Gasteiger partial charge >= 0.3 is 6.01 Å².